The lowest BCUT2D eigenvalue weighted by Crippen LogP contribution is -2.33. The van der Waals surface area contributed by atoms with E-state index in [0.717, 1.165) is 37.8 Å². The molecule has 0 radical (unpaired) electrons. The lowest BCUT2D eigenvalue weighted by Gasteiger charge is -2.13. The predicted molar refractivity (Wildman–Crippen MR) is 82.8 cm³/mol. The third-order valence-corrected chi connectivity index (χ3v) is 5.47. The minimum atomic E-state index is -3.43. The number of likely N-dealkylation sites (N-methyl/N-ethyl adjacent to an activating group) is 1. The molecule has 0 bridgehead atoms. The van der Waals surface area contributed by atoms with Gasteiger partial charge in [0.25, 0.3) is 0 Å². The molecule has 1 saturated carbocycles. The van der Waals surface area contributed by atoms with Crippen molar-refractivity contribution in [3.63, 3.8) is 0 Å². The summed E-state index contributed by atoms with van der Waals surface area (Å²) in [7, 11) is 0.139. The van der Waals surface area contributed by atoms with Crippen molar-refractivity contribution in [2.24, 2.45) is 0 Å². The molecular formula is C15H24N2O3S. The van der Waals surface area contributed by atoms with Crippen molar-refractivity contribution in [1.82, 2.24) is 10.0 Å². The molecule has 1 aromatic rings. The van der Waals surface area contributed by atoms with Gasteiger partial charge in [-0.2, -0.15) is 0 Å². The first kappa shape index (κ1) is 16.4. The summed E-state index contributed by atoms with van der Waals surface area (Å²) in [4.78, 5) is 0.330. The first-order chi connectivity index (χ1) is 10.0. The number of hydrogen-bond donors (Lipinski definition) is 2. The molecule has 0 amide bonds. The molecule has 1 aromatic carbocycles. The molecule has 21 heavy (non-hydrogen) atoms. The zero-order chi connectivity index (χ0) is 15.3. The monoisotopic (exact) mass is 312 g/mol. The number of rotatable bonds is 7. The first-order valence-electron chi connectivity index (χ1n) is 7.34. The number of nitrogens with one attached hydrogen (secondary N) is 2. The van der Waals surface area contributed by atoms with Crippen LogP contribution in [-0.2, 0) is 21.2 Å². The lowest BCUT2D eigenvalue weighted by atomic mass is 10.1. The largest absolute Gasteiger partial charge is 0.381 e. The van der Waals surface area contributed by atoms with Gasteiger partial charge in [0.05, 0.1) is 11.0 Å². The highest BCUT2D eigenvalue weighted by atomic mass is 32.2. The summed E-state index contributed by atoms with van der Waals surface area (Å²) >= 11 is 0. The third kappa shape index (κ3) is 4.51. The van der Waals surface area contributed by atoms with Crippen LogP contribution in [0.5, 0.6) is 0 Å². The van der Waals surface area contributed by atoms with E-state index < -0.39 is 10.0 Å². The second-order valence-corrected chi connectivity index (χ2v) is 7.20. The summed E-state index contributed by atoms with van der Waals surface area (Å²) in [6.45, 7) is 0.880. The van der Waals surface area contributed by atoms with E-state index in [9.17, 15) is 8.42 Å². The molecule has 0 saturated heterocycles. The Kier molecular flexibility index (Phi) is 5.75. The van der Waals surface area contributed by atoms with Crippen molar-refractivity contribution in [2.45, 2.75) is 42.7 Å². The Balaban J connectivity index is 1.99. The Hall–Kier alpha value is -0.950. The highest BCUT2D eigenvalue weighted by molar-refractivity contribution is 7.89. The van der Waals surface area contributed by atoms with Gasteiger partial charge in [0.15, 0.2) is 0 Å². The zero-order valence-corrected chi connectivity index (χ0v) is 13.4. The second-order valence-electron chi connectivity index (χ2n) is 5.49. The van der Waals surface area contributed by atoms with Crippen LogP contribution in [0, 0.1) is 0 Å². The fourth-order valence-electron chi connectivity index (χ4n) is 2.65. The van der Waals surface area contributed by atoms with Gasteiger partial charge in [0, 0.05) is 13.2 Å². The smallest absolute Gasteiger partial charge is 0.240 e. The van der Waals surface area contributed by atoms with Crippen LogP contribution in [0.4, 0.5) is 0 Å². The Labute approximate surface area is 127 Å². The zero-order valence-electron chi connectivity index (χ0n) is 12.6. The molecule has 2 atom stereocenters. The number of ether oxygens (including phenoxy) is 1. The van der Waals surface area contributed by atoms with E-state index in [2.05, 4.69) is 10.0 Å². The van der Waals surface area contributed by atoms with Gasteiger partial charge >= 0.3 is 0 Å². The van der Waals surface area contributed by atoms with Crippen molar-refractivity contribution < 1.29 is 13.2 Å². The van der Waals surface area contributed by atoms with E-state index in [0.29, 0.717) is 4.90 Å². The number of methoxy groups -OCH3 is 1. The molecule has 5 nitrogen and oxygen atoms in total. The molecule has 6 heteroatoms. The number of benzene rings is 1. The average molecular weight is 312 g/mol. The van der Waals surface area contributed by atoms with Gasteiger partial charge < -0.3 is 10.1 Å². The number of hydrogen-bond acceptors (Lipinski definition) is 4. The van der Waals surface area contributed by atoms with Crippen molar-refractivity contribution in [3.05, 3.63) is 29.8 Å². The van der Waals surface area contributed by atoms with Gasteiger partial charge in [-0.1, -0.05) is 12.1 Å². The van der Waals surface area contributed by atoms with E-state index in [1.54, 1.807) is 19.2 Å². The SMILES string of the molecule is CNCCc1ccc(S(=O)(=O)NC2CCC(OC)C2)cc1. The Morgan fingerprint density at radius 1 is 1.24 bits per heavy atom. The van der Waals surface area contributed by atoms with E-state index in [1.165, 1.54) is 0 Å². The second kappa shape index (κ2) is 7.35. The molecule has 2 N–H and O–H groups in total. The summed E-state index contributed by atoms with van der Waals surface area (Å²) in [6.07, 6.45) is 3.55. The summed E-state index contributed by atoms with van der Waals surface area (Å²) in [5, 5.41) is 3.08. The molecule has 1 fully saturated rings. The highest BCUT2D eigenvalue weighted by Crippen LogP contribution is 2.23. The van der Waals surface area contributed by atoms with Gasteiger partial charge in [0.2, 0.25) is 10.0 Å². The van der Waals surface area contributed by atoms with Crippen molar-refractivity contribution >= 4 is 10.0 Å². The predicted octanol–water partition coefficient (Wildman–Crippen LogP) is 1.29. The fourth-order valence-corrected chi connectivity index (χ4v) is 3.94. The molecule has 2 unspecified atom stereocenters. The van der Waals surface area contributed by atoms with Gasteiger partial charge in [-0.3, -0.25) is 0 Å². The molecule has 2 rings (SSSR count). The molecule has 0 heterocycles. The van der Waals surface area contributed by atoms with Crippen molar-refractivity contribution in [2.75, 3.05) is 20.7 Å². The highest BCUT2D eigenvalue weighted by Gasteiger charge is 2.28. The lowest BCUT2D eigenvalue weighted by molar-refractivity contribution is 0.107. The van der Waals surface area contributed by atoms with Gasteiger partial charge in [-0.05, 0) is 57.0 Å². The van der Waals surface area contributed by atoms with Crippen LogP contribution in [0.3, 0.4) is 0 Å². The van der Waals surface area contributed by atoms with Crippen LogP contribution < -0.4 is 10.0 Å². The Morgan fingerprint density at radius 3 is 2.52 bits per heavy atom. The molecule has 118 valence electrons. The van der Waals surface area contributed by atoms with Crippen molar-refractivity contribution in [3.8, 4) is 0 Å². The summed E-state index contributed by atoms with van der Waals surface area (Å²) in [5.41, 5.74) is 1.13. The molecule has 0 aliphatic heterocycles. The quantitative estimate of drug-likeness (QED) is 0.796. The topological polar surface area (TPSA) is 67.4 Å². The Bertz CT molecular complexity index is 543. The standard InChI is InChI=1S/C15H24N2O3S/c1-16-10-9-12-3-7-15(8-4-12)21(18,19)17-13-5-6-14(11-13)20-2/h3-4,7-8,13-14,16-17H,5-6,9-11H2,1-2H3. The molecular weight excluding hydrogens is 288 g/mol. The Morgan fingerprint density at radius 2 is 1.95 bits per heavy atom. The minimum absolute atomic E-state index is 0.0242. The molecule has 1 aliphatic rings. The molecule has 0 spiro atoms. The summed E-state index contributed by atoms with van der Waals surface area (Å²) in [5.74, 6) is 0. The van der Waals surface area contributed by atoms with Crippen LogP contribution in [0.1, 0.15) is 24.8 Å². The molecule has 1 aliphatic carbocycles. The van der Waals surface area contributed by atoms with E-state index in [-0.39, 0.29) is 12.1 Å². The minimum Gasteiger partial charge on any atom is -0.381 e. The van der Waals surface area contributed by atoms with Gasteiger partial charge in [-0.25, -0.2) is 13.1 Å². The first-order valence-corrected chi connectivity index (χ1v) is 8.82. The summed E-state index contributed by atoms with van der Waals surface area (Å²) < 4.78 is 32.7. The van der Waals surface area contributed by atoms with Gasteiger partial charge in [-0.15, -0.1) is 0 Å². The summed E-state index contributed by atoms with van der Waals surface area (Å²) in [6, 6.07) is 7.08. The van der Waals surface area contributed by atoms with Crippen LogP contribution in [0.15, 0.2) is 29.2 Å². The normalized spacial score (nSPS) is 22.6. The fraction of sp³-hybridized carbons (Fsp3) is 0.600. The van der Waals surface area contributed by atoms with E-state index in [1.807, 2.05) is 19.2 Å². The number of sulfonamides is 1. The van der Waals surface area contributed by atoms with Gasteiger partial charge in [0.1, 0.15) is 0 Å². The maximum atomic E-state index is 12.3. The van der Waals surface area contributed by atoms with Crippen LogP contribution in [0.2, 0.25) is 0 Å². The maximum Gasteiger partial charge on any atom is 0.240 e. The van der Waals surface area contributed by atoms with E-state index in [4.69, 9.17) is 4.74 Å². The van der Waals surface area contributed by atoms with Crippen LogP contribution in [0.25, 0.3) is 0 Å². The molecule has 0 aromatic heterocycles. The van der Waals surface area contributed by atoms with Crippen LogP contribution >= 0.6 is 0 Å². The maximum absolute atomic E-state index is 12.3. The van der Waals surface area contributed by atoms with E-state index >= 15 is 0 Å². The average Bonchev–Trinajstić information content (AvgIpc) is 2.92. The van der Waals surface area contributed by atoms with Crippen LogP contribution in [-0.4, -0.2) is 41.3 Å². The third-order valence-electron chi connectivity index (χ3n) is 3.94. The van der Waals surface area contributed by atoms with Crippen molar-refractivity contribution in [1.29, 1.82) is 0 Å².